The van der Waals surface area contributed by atoms with Crippen molar-refractivity contribution in [2.24, 2.45) is 0 Å². The van der Waals surface area contributed by atoms with Crippen molar-refractivity contribution < 1.29 is 14.7 Å². The molecule has 0 aromatic carbocycles. The lowest BCUT2D eigenvalue weighted by Crippen LogP contribution is -2.06. The quantitative estimate of drug-likeness (QED) is 0.702. The van der Waals surface area contributed by atoms with Crippen LogP contribution >= 0.6 is 11.6 Å². The van der Waals surface area contributed by atoms with Crippen LogP contribution in [0.25, 0.3) is 0 Å². The first-order chi connectivity index (χ1) is 5.63. The van der Waals surface area contributed by atoms with Crippen molar-refractivity contribution in [3.8, 4) is 0 Å². The zero-order valence-corrected chi connectivity index (χ0v) is 6.58. The first-order valence-electron chi connectivity index (χ1n) is 3.01. The van der Waals surface area contributed by atoms with Crippen molar-refractivity contribution in [2.45, 2.75) is 0 Å². The van der Waals surface area contributed by atoms with E-state index in [1.54, 1.807) is 0 Å². The molecule has 0 fully saturated rings. The van der Waals surface area contributed by atoms with Crippen molar-refractivity contribution in [1.29, 1.82) is 0 Å². The van der Waals surface area contributed by atoms with E-state index >= 15 is 0 Å². The standard InChI is InChI=1S/C7H4ClNO3/c8-6(10)4-2-1-3-9-5(4)7(11)12/h1-3H,(H,11,12). The molecule has 0 saturated carbocycles. The number of aromatic carboxylic acids is 1. The molecule has 0 bridgehead atoms. The van der Waals surface area contributed by atoms with Crippen LogP contribution in [0.5, 0.6) is 0 Å². The van der Waals surface area contributed by atoms with Crippen LogP contribution in [0.2, 0.25) is 0 Å². The number of aromatic nitrogens is 1. The smallest absolute Gasteiger partial charge is 0.355 e. The van der Waals surface area contributed by atoms with Gasteiger partial charge in [0.05, 0.1) is 5.56 Å². The van der Waals surface area contributed by atoms with E-state index in [2.05, 4.69) is 4.98 Å². The number of hydrogen-bond acceptors (Lipinski definition) is 3. The number of carbonyl (C=O) groups is 2. The zero-order chi connectivity index (χ0) is 9.14. The van der Waals surface area contributed by atoms with Crippen LogP contribution in [0.15, 0.2) is 18.3 Å². The molecule has 5 heteroatoms. The van der Waals surface area contributed by atoms with Gasteiger partial charge in [0.15, 0.2) is 5.69 Å². The van der Waals surface area contributed by atoms with Crippen LogP contribution in [-0.4, -0.2) is 21.3 Å². The summed E-state index contributed by atoms with van der Waals surface area (Å²) in [4.78, 5) is 24.6. The van der Waals surface area contributed by atoms with Gasteiger partial charge in [0.1, 0.15) is 0 Å². The molecular weight excluding hydrogens is 182 g/mol. The van der Waals surface area contributed by atoms with Crippen molar-refractivity contribution in [2.75, 3.05) is 0 Å². The van der Waals surface area contributed by atoms with E-state index in [0.717, 1.165) is 0 Å². The second-order valence-corrected chi connectivity index (χ2v) is 2.32. The molecule has 1 aromatic rings. The zero-order valence-electron chi connectivity index (χ0n) is 5.82. The van der Waals surface area contributed by atoms with Crippen molar-refractivity contribution in [3.63, 3.8) is 0 Å². The molecule has 4 nitrogen and oxygen atoms in total. The Morgan fingerprint density at radius 2 is 2.17 bits per heavy atom. The van der Waals surface area contributed by atoms with Gasteiger partial charge < -0.3 is 5.11 Å². The van der Waals surface area contributed by atoms with E-state index < -0.39 is 11.2 Å². The lowest BCUT2D eigenvalue weighted by Gasteiger charge is -1.97. The Morgan fingerprint density at radius 3 is 2.58 bits per heavy atom. The van der Waals surface area contributed by atoms with Gasteiger partial charge in [0, 0.05) is 6.20 Å². The van der Waals surface area contributed by atoms with Crippen LogP contribution in [0, 0.1) is 0 Å². The minimum atomic E-state index is -1.26. The van der Waals surface area contributed by atoms with E-state index in [1.807, 2.05) is 0 Å². The third-order valence-corrected chi connectivity index (χ3v) is 1.43. The molecule has 12 heavy (non-hydrogen) atoms. The molecule has 1 aromatic heterocycles. The number of rotatable bonds is 2. The average molecular weight is 186 g/mol. The molecule has 0 aliphatic rings. The third-order valence-electron chi connectivity index (χ3n) is 1.22. The van der Waals surface area contributed by atoms with Gasteiger partial charge in [-0.3, -0.25) is 4.79 Å². The Balaban J connectivity index is 3.27. The summed E-state index contributed by atoms with van der Waals surface area (Å²) in [6.45, 7) is 0. The minimum Gasteiger partial charge on any atom is -0.476 e. The largest absolute Gasteiger partial charge is 0.476 e. The number of halogens is 1. The summed E-state index contributed by atoms with van der Waals surface area (Å²) in [5, 5.41) is 7.72. The van der Waals surface area contributed by atoms with Gasteiger partial charge in [-0.15, -0.1) is 0 Å². The molecular formula is C7H4ClNO3. The van der Waals surface area contributed by atoms with Crippen molar-refractivity contribution in [3.05, 3.63) is 29.6 Å². The maximum absolute atomic E-state index is 10.6. The molecule has 0 radical (unpaired) electrons. The summed E-state index contributed by atoms with van der Waals surface area (Å²) in [6, 6.07) is 2.76. The molecule has 0 aliphatic heterocycles. The summed E-state index contributed by atoms with van der Waals surface area (Å²) in [6.07, 6.45) is 1.28. The molecule has 0 spiro atoms. The molecule has 0 amide bonds. The van der Waals surface area contributed by atoms with E-state index in [4.69, 9.17) is 16.7 Å². The van der Waals surface area contributed by atoms with Crippen LogP contribution in [-0.2, 0) is 0 Å². The van der Waals surface area contributed by atoms with Gasteiger partial charge in [-0.25, -0.2) is 9.78 Å². The van der Waals surface area contributed by atoms with Gasteiger partial charge in [0.25, 0.3) is 5.24 Å². The van der Waals surface area contributed by atoms with Crippen LogP contribution < -0.4 is 0 Å². The highest BCUT2D eigenvalue weighted by molar-refractivity contribution is 6.68. The fraction of sp³-hybridized carbons (Fsp3) is 0. The Kier molecular flexibility index (Phi) is 2.40. The van der Waals surface area contributed by atoms with Crippen molar-refractivity contribution in [1.82, 2.24) is 4.98 Å². The Bertz CT molecular complexity index is 304. The monoisotopic (exact) mass is 185 g/mol. The molecule has 0 aliphatic carbocycles. The van der Waals surface area contributed by atoms with Gasteiger partial charge in [0.2, 0.25) is 0 Å². The maximum atomic E-state index is 10.6. The predicted octanol–water partition coefficient (Wildman–Crippen LogP) is 1.16. The molecule has 0 atom stereocenters. The van der Waals surface area contributed by atoms with Gasteiger partial charge >= 0.3 is 5.97 Å². The van der Waals surface area contributed by atoms with E-state index in [1.165, 1.54) is 18.3 Å². The lowest BCUT2D eigenvalue weighted by molar-refractivity contribution is 0.0687. The summed E-state index contributed by atoms with van der Waals surface area (Å²) in [5.41, 5.74) is -0.413. The van der Waals surface area contributed by atoms with Gasteiger partial charge in [-0.2, -0.15) is 0 Å². The molecule has 1 heterocycles. The van der Waals surface area contributed by atoms with Gasteiger partial charge in [-0.05, 0) is 23.7 Å². The highest BCUT2D eigenvalue weighted by Crippen LogP contribution is 2.07. The Hall–Kier alpha value is -1.42. The van der Waals surface area contributed by atoms with Crippen LogP contribution in [0.4, 0.5) is 0 Å². The Morgan fingerprint density at radius 1 is 1.50 bits per heavy atom. The van der Waals surface area contributed by atoms with Gasteiger partial charge in [-0.1, -0.05) is 0 Å². The number of nitrogens with zero attached hydrogens (tertiary/aromatic N) is 1. The summed E-state index contributed by atoms with van der Waals surface area (Å²) in [5.74, 6) is -1.26. The molecule has 1 rings (SSSR count). The van der Waals surface area contributed by atoms with E-state index in [0.29, 0.717) is 0 Å². The fourth-order valence-electron chi connectivity index (χ4n) is 0.734. The summed E-state index contributed by atoms with van der Waals surface area (Å²) in [7, 11) is 0. The van der Waals surface area contributed by atoms with Crippen molar-refractivity contribution >= 4 is 22.8 Å². The SMILES string of the molecule is O=C(Cl)c1cccnc1C(=O)O. The average Bonchev–Trinajstić information content (AvgIpc) is 2.04. The number of hydrogen-bond donors (Lipinski definition) is 1. The van der Waals surface area contributed by atoms with Crippen LogP contribution in [0.1, 0.15) is 20.8 Å². The minimum absolute atomic E-state index is 0.0910. The highest BCUT2D eigenvalue weighted by atomic mass is 35.5. The molecule has 0 unspecified atom stereocenters. The summed E-state index contributed by atoms with van der Waals surface area (Å²) >= 11 is 5.11. The second-order valence-electron chi connectivity index (χ2n) is 1.98. The number of carboxylic acid groups (broad SMARTS) is 1. The van der Waals surface area contributed by atoms with Crippen LogP contribution in [0.3, 0.4) is 0 Å². The molecule has 1 N–H and O–H groups in total. The normalized spacial score (nSPS) is 9.42. The number of carboxylic acids is 1. The molecule has 62 valence electrons. The van der Waals surface area contributed by atoms with E-state index in [9.17, 15) is 9.59 Å². The first-order valence-corrected chi connectivity index (χ1v) is 3.39. The molecule has 0 saturated heterocycles. The lowest BCUT2D eigenvalue weighted by atomic mass is 10.2. The van der Waals surface area contributed by atoms with E-state index in [-0.39, 0.29) is 11.3 Å². The highest BCUT2D eigenvalue weighted by Gasteiger charge is 2.14. The predicted molar refractivity (Wildman–Crippen MR) is 41.4 cm³/mol. The third kappa shape index (κ3) is 1.60. The maximum Gasteiger partial charge on any atom is 0.355 e. The fourth-order valence-corrected chi connectivity index (χ4v) is 0.887. The number of carbonyl (C=O) groups excluding carboxylic acids is 1. The number of pyridine rings is 1. The topological polar surface area (TPSA) is 67.3 Å². The first kappa shape index (κ1) is 8.67. The Labute approximate surface area is 72.8 Å². The summed E-state index contributed by atoms with van der Waals surface area (Å²) < 4.78 is 0. The second kappa shape index (κ2) is 3.32.